The number of carbonyl (C=O) groups is 2. The van der Waals surface area contributed by atoms with Gasteiger partial charge in [0.2, 0.25) is 0 Å². The summed E-state index contributed by atoms with van der Waals surface area (Å²) in [6.45, 7) is 12.7. The third kappa shape index (κ3) is 2.27. The van der Waals surface area contributed by atoms with Crippen LogP contribution in [-0.4, -0.2) is 29.1 Å². The van der Waals surface area contributed by atoms with E-state index in [2.05, 4.69) is 40.7 Å². The van der Waals surface area contributed by atoms with Gasteiger partial charge in [-0.05, 0) is 48.3 Å². The highest BCUT2D eigenvalue weighted by Crippen LogP contribution is 2.73. The van der Waals surface area contributed by atoms with Crippen LogP contribution in [0.25, 0.3) is 0 Å². The summed E-state index contributed by atoms with van der Waals surface area (Å²) < 4.78 is 5.84. The molecule has 28 heavy (non-hydrogen) atoms. The van der Waals surface area contributed by atoms with E-state index in [1.54, 1.807) is 0 Å². The van der Waals surface area contributed by atoms with Gasteiger partial charge in [0.05, 0.1) is 6.10 Å². The second-order valence-electron chi connectivity index (χ2n) is 11.2. The first kappa shape index (κ1) is 20.1. The van der Waals surface area contributed by atoms with E-state index in [4.69, 9.17) is 4.74 Å². The summed E-state index contributed by atoms with van der Waals surface area (Å²) in [6, 6.07) is 0. The molecule has 0 heterocycles. The molecule has 8 atom stereocenters. The zero-order valence-corrected chi connectivity index (χ0v) is 18.2. The van der Waals surface area contributed by atoms with Gasteiger partial charge in [0.15, 0.2) is 0 Å². The number of hydrogen-bond acceptors (Lipinski definition) is 4. The average molecular weight is 389 g/mol. The second-order valence-corrected chi connectivity index (χ2v) is 11.2. The first-order valence-electron chi connectivity index (χ1n) is 11.0. The summed E-state index contributed by atoms with van der Waals surface area (Å²) in [6.07, 6.45) is 7.66. The van der Waals surface area contributed by atoms with Crippen molar-refractivity contribution in [2.45, 2.75) is 85.9 Å². The number of aliphatic hydroxyl groups excluding tert-OH is 1. The average Bonchev–Trinajstić information content (AvgIpc) is 2.90. The Hall–Kier alpha value is -1.16. The fourth-order valence-corrected chi connectivity index (χ4v) is 8.29. The molecule has 0 spiro atoms. The number of ketones is 1. The highest BCUT2D eigenvalue weighted by Gasteiger charge is 2.70. The van der Waals surface area contributed by atoms with Gasteiger partial charge in [-0.15, -0.1) is 0 Å². The van der Waals surface area contributed by atoms with Crippen LogP contribution in [0.15, 0.2) is 12.2 Å². The third-order valence-electron chi connectivity index (χ3n) is 10.0. The molecule has 1 N–H and O–H groups in total. The predicted octanol–water partition coefficient (Wildman–Crippen LogP) is 4.30. The van der Waals surface area contributed by atoms with Gasteiger partial charge in [0.25, 0.3) is 0 Å². The van der Waals surface area contributed by atoms with Crippen molar-refractivity contribution in [3.05, 3.63) is 12.2 Å². The Balaban J connectivity index is 1.82. The zero-order chi connectivity index (χ0) is 20.7. The molecule has 8 unspecified atom stereocenters. The van der Waals surface area contributed by atoms with Gasteiger partial charge >= 0.3 is 5.97 Å². The maximum Gasteiger partial charge on any atom is 0.302 e. The molecule has 0 radical (unpaired) electrons. The van der Waals surface area contributed by atoms with Crippen molar-refractivity contribution in [2.24, 2.45) is 39.4 Å². The zero-order valence-electron chi connectivity index (χ0n) is 18.2. The number of rotatable bonds is 1. The van der Waals surface area contributed by atoms with Gasteiger partial charge in [-0.1, -0.05) is 46.8 Å². The molecule has 0 aromatic heterocycles. The minimum Gasteiger partial charge on any atom is -0.462 e. The Morgan fingerprint density at radius 2 is 1.79 bits per heavy atom. The first-order chi connectivity index (χ1) is 12.9. The lowest BCUT2D eigenvalue weighted by Crippen LogP contribution is -2.67. The van der Waals surface area contributed by atoms with Crippen molar-refractivity contribution >= 4 is 11.8 Å². The van der Waals surface area contributed by atoms with Crippen LogP contribution in [0.1, 0.15) is 73.6 Å². The molecular formula is C24H36O4. The Labute approximate surface area is 169 Å². The number of aliphatic hydroxyl groups is 1. The van der Waals surface area contributed by atoms with E-state index in [-0.39, 0.29) is 39.7 Å². The lowest BCUT2D eigenvalue weighted by molar-refractivity contribution is -0.239. The first-order valence-corrected chi connectivity index (χ1v) is 11.0. The summed E-state index contributed by atoms with van der Waals surface area (Å²) in [7, 11) is 0. The normalized spacial score (nSPS) is 51.8. The number of esters is 1. The largest absolute Gasteiger partial charge is 0.462 e. The van der Waals surface area contributed by atoms with Gasteiger partial charge in [0.1, 0.15) is 11.9 Å². The molecule has 3 fully saturated rings. The second kappa shape index (κ2) is 5.93. The Kier molecular flexibility index (Phi) is 4.26. The Morgan fingerprint density at radius 1 is 1.11 bits per heavy atom. The van der Waals surface area contributed by atoms with Crippen LogP contribution in [0, 0.1) is 39.4 Å². The fourth-order valence-electron chi connectivity index (χ4n) is 8.29. The summed E-state index contributed by atoms with van der Waals surface area (Å²) >= 11 is 0. The molecule has 4 rings (SSSR count). The van der Waals surface area contributed by atoms with Crippen molar-refractivity contribution in [1.29, 1.82) is 0 Å². The molecular weight excluding hydrogens is 352 g/mol. The van der Waals surface area contributed by atoms with E-state index in [0.29, 0.717) is 24.0 Å². The van der Waals surface area contributed by atoms with Crippen LogP contribution in [0.4, 0.5) is 0 Å². The third-order valence-corrected chi connectivity index (χ3v) is 10.0. The highest BCUT2D eigenvalue weighted by molar-refractivity contribution is 5.85. The minimum atomic E-state index is -0.526. The summed E-state index contributed by atoms with van der Waals surface area (Å²) in [4.78, 5) is 24.6. The van der Waals surface area contributed by atoms with E-state index < -0.39 is 6.10 Å². The van der Waals surface area contributed by atoms with E-state index in [0.717, 1.165) is 25.7 Å². The minimum absolute atomic E-state index is 0.0130. The molecule has 4 aliphatic carbocycles. The lowest BCUT2D eigenvalue weighted by atomic mass is 9.35. The molecule has 3 saturated carbocycles. The fraction of sp³-hybridized carbons (Fsp3) is 0.833. The number of Topliss-reactive ketones (excluding diaryl/α,β-unsaturated/α-hetero) is 1. The summed E-state index contributed by atoms with van der Waals surface area (Å²) in [5.41, 5.74) is -0.705. The lowest BCUT2D eigenvalue weighted by Gasteiger charge is -2.69. The van der Waals surface area contributed by atoms with Crippen LogP contribution in [-0.2, 0) is 14.3 Å². The Morgan fingerprint density at radius 3 is 2.43 bits per heavy atom. The van der Waals surface area contributed by atoms with Crippen LogP contribution < -0.4 is 0 Å². The molecule has 4 aliphatic rings. The quantitative estimate of drug-likeness (QED) is 0.537. The standard InChI is InChI=1S/C24H36O4/c1-14(25)28-16-13-18-22(4)11-10-19(26)21(2,3)17(22)9-12-23(18,5)24(6)15(16)7-8-20(24)27/h7-8,15-18,20,27H,9-13H2,1-6H3. The maximum atomic E-state index is 12.7. The van der Waals surface area contributed by atoms with Gasteiger partial charge in [-0.3, -0.25) is 9.59 Å². The molecule has 0 bridgehead atoms. The van der Waals surface area contributed by atoms with Crippen molar-refractivity contribution in [2.75, 3.05) is 0 Å². The van der Waals surface area contributed by atoms with Gasteiger partial charge in [0, 0.05) is 30.1 Å². The van der Waals surface area contributed by atoms with Crippen LogP contribution in [0.3, 0.4) is 0 Å². The summed E-state index contributed by atoms with van der Waals surface area (Å²) in [5.74, 6) is 0.834. The SMILES string of the molecule is CC(=O)OC1CC2C3(C)CCC(=O)C(C)(C)C3CCC2(C)C2(C)C(O)C=CC12. The molecule has 0 aromatic rings. The van der Waals surface area contributed by atoms with Crippen LogP contribution in [0.5, 0.6) is 0 Å². The van der Waals surface area contributed by atoms with Crippen molar-refractivity contribution in [3.8, 4) is 0 Å². The predicted molar refractivity (Wildman–Crippen MR) is 107 cm³/mol. The van der Waals surface area contributed by atoms with Crippen molar-refractivity contribution in [1.82, 2.24) is 0 Å². The van der Waals surface area contributed by atoms with Gasteiger partial charge in [-0.25, -0.2) is 0 Å². The Bertz CT molecular complexity index is 739. The molecule has 0 aliphatic heterocycles. The van der Waals surface area contributed by atoms with E-state index in [1.165, 1.54) is 6.92 Å². The van der Waals surface area contributed by atoms with E-state index in [9.17, 15) is 14.7 Å². The number of hydrogen-bond donors (Lipinski definition) is 1. The number of fused-ring (bicyclic) bond motifs is 5. The topological polar surface area (TPSA) is 63.6 Å². The molecule has 4 nitrogen and oxygen atoms in total. The van der Waals surface area contributed by atoms with Gasteiger partial charge < -0.3 is 9.84 Å². The van der Waals surface area contributed by atoms with Crippen molar-refractivity contribution in [3.63, 3.8) is 0 Å². The molecule has 0 aromatic carbocycles. The van der Waals surface area contributed by atoms with Gasteiger partial charge in [-0.2, -0.15) is 0 Å². The van der Waals surface area contributed by atoms with Crippen LogP contribution in [0.2, 0.25) is 0 Å². The molecule has 0 amide bonds. The van der Waals surface area contributed by atoms with Crippen LogP contribution >= 0.6 is 0 Å². The molecule has 0 saturated heterocycles. The number of carbonyl (C=O) groups excluding carboxylic acids is 2. The molecule has 156 valence electrons. The maximum absolute atomic E-state index is 12.7. The van der Waals surface area contributed by atoms with E-state index >= 15 is 0 Å². The summed E-state index contributed by atoms with van der Waals surface area (Å²) in [5, 5.41) is 11.1. The highest BCUT2D eigenvalue weighted by atomic mass is 16.5. The monoisotopic (exact) mass is 388 g/mol. The number of ether oxygens (including phenoxy) is 1. The van der Waals surface area contributed by atoms with E-state index in [1.807, 2.05) is 6.08 Å². The van der Waals surface area contributed by atoms with Crippen molar-refractivity contribution < 1.29 is 19.4 Å². The smallest absolute Gasteiger partial charge is 0.302 e. The molecule has 4 heteroatoms.